The van der Waals surface area contributed by atoms with Crippen LogP contribution in [0.5, 0.6) is 0 Å². The maximum Gasteiger partial charge on any atom is 0.179 e. The molecule has 2 atom stereocenters. The Morgan fingerprint density at radius 1 is 1.70 bits per heavy atom. The molecule has 1 fully saturated rings. The van der Waals surface area contributed by atoms with E-state index in [-0.39, 0.29) is 0 Å². The van der Waals surface area contributed by atoms with Crippen LogP contribution in [0.2, 0.25) is 0 Å². The highest BCUT2D eigenvalue weighted by Crippen LogP contribution is 2.23. The summed E-state index contributed by atoms with van der Waals surface area (Å²) in [6, 6.07) is 0.481. The molecule has 0 spiro atoms. The Bertz CT molecular complexity index is 148. The van der Waals surface area contributed by atoms with Gasteiger partial charge in [0.15, 0.2) is 6.19 Å². The monoisotopic (exact) mass is 138 g/mol. The maximum atomic E-state index is 8.63. The van der Waals surface area contributed by atoms with Crippen molar-refractivity contribution in [2.75, 3.05) is 6.54 Å². The van der Waals surface area contributed by atoms with Gasteiger partial charge >= 0.3 is 0 Å². The zero-order chi connectivity index (χ0) is 7.56. The molecule has 0 amide bonds. The van der Waals surface area contributed by atoms with Crippen molar-refractivity contribution in [3.63, 3.8) is 0 Å². The Labute approximate surface area is 62.4 Å². The molecule has 0 aromatic heterocycles. The molecular formula is C8H14N2. The number of likely N-dealkylation sites (tertiary alicyclic amines) is 1. The van der Waals surface area contributed by atoms with E-state index in [0.717, 1.165) is 12.5 Å². The number of hydrogen-bond donors (Lipinski definition) is 0. The van der Waals surface area contributed by atoms with Crippen LogP contribution in [0.1, 0.15) is 26.7 Å². The van der Waals surface area contributed by atoms with Crippen LogP contribution in [0.3, 0.4) is 0 Å². The summed E-state index contributed by atoms with van der Waals surface area (Å²) in [7, 11) is 0. The minimum atomic E-state index is 0.481. The predicted molar refractivity (Wildman–Crippen MR) is 40.2 cm³/mol. The van der Waals surface area contributed by atoms with Crippen molar-refractivity contribution < 1.29 is 0 Å². The second kappa shape index (κ2) is 2.92. The minimum absolute atomic E-state index is 0.481. The van der Waals surface area contributed by atoms with E-state index in [2.05, 4.69) is 20.0 Å². The van der Waals surface area contributed by atoms with Gasteiger partial charge in [0.1, 0.15) is 0 Å². The normalized spacial score (nSPS) is 32.3. The zero-order valence-electron chi connectivity index (χ0n) is 6.67. The third-order valence-corrected chi connectivity index (χ3v) is 2.37. The fourth-order valence-corrected chi connectivity index (χ4v) is 1.58. The van der Waals surface area contributed by atoms with Gasteiger partial charge in [0.05, 0.1) is 0 Å². The predicted octanol–water partition coefficient (Wildman–Crippen LogP) is 1.59. The molecule has 1 rings (SSSR count). The van der Waals surface area contributed by atoms with Gasteiger partial charge in [-0.1, -0.05) is 13.3 Å². The molecule has 0 aliphatic carbocycles. The lowest BCUT2D eigenvalue weighted by molar-refractivity contribution is 0.382. The van der Waals surface area contributed by atoms with Crippen molar-refractivity contribution in [2.45, 2.75) is 32.7 Å². The van der Waals surface area contributed by atoms with Crippen LogP contribution >= 0.6 is 0 Å². The second-order valence-electron chi connectivity index (χ2n) is 3.11. The van der Waals surface area contributed by atoms with Crippen molar-refractivity contribution in [3.8, 4) is 6.19 Å². The molecule has 0 bridgehead atoms. The molecule has 2 unspecified atom stereocenters. The molecule has 1 heterocycles. The fourth-order valence-electron chi connectivity index (χ4n) is 1.58. The number of hydrogen-bond acceptors (Lipinski definition) is 2. The van der Waals surface area contributed by atoms with Gasteiger partial charge in [-0.3, -0.25) is 0 Å². The van der Waals surface area contributed by atoms with Crippen LogP contribution < -0.4 is 0 Å². The Morgan fingerprint density at radius 2 is 2.40 bits per heavy atom. The quantitative estimate of drug-likeness (QED) is 0.514. The van der Waals surface area contributed by atoms with Gasteiger partial charge in [0, 0.05) is 12.6 Å². The number of nitriles is 1. The average Bonchev–Trinajstić information content (AvgIpc) is 2.30. The van der Waals surface area contributed by atoms with Crippen molar-refractivity contribution in [3.05, 3.63) is 0 Å². The smallest absolute Gasteiger partial charge is 0.179 e. The Balaban J connectivity index is 2.46. The van der Waals surface area contributed by atoms with Gasteiger partial charge in [0.2, 0.25) is 0 Å². The van der Waals surface area contributed by atoms with Crippen LogP contribution in [0.15, 0.2) is 0 Å². The van der Waals surface area contributed by atoms with Gasteiger partial charge in [-0.2, -0.15) is 5.26 Å². The van der Waals surface area contributed by atoms with Crippen LogP contribution in [0.25, 0.3) is 0 Å². The van der Waals surface area contributed by atoms with Crippen molar-refractivity contribution in [1.82, 2.24) is 4.90 Å². The van der Waals surface area contributed by atoms with E-state index >= 15 is 0 Å². The van der Waals surface area contributed by atoms with E-state index in [1.807, 2.05) is 4.90 Å². The summed E-state index contributed by atoms with van der Waals surface area (Å²) in [6.07, 6.45) is 4.62. The first kappa shape index (κ1) is 7.40. The van der Waals surface area contributed by atoms with Gasteiger partial charge in [-0.05, 0) is 19.3 Å². The van der Waals surface area contributed by atoms with Crippen molar-refractivity contribution in [2.24, 2.45) is 5.92 Å². The van der Waals surface area contributed by atoms with Crippen molar-refractivity contribution >= 4 is 0 Å². The molecule has 0 aromatic carbocycles. The third-order valence-electron chi connectivity index (χ3n) is 2.37. The minimum Gasteiger partial charge on any atom is -0.308 e. The summed E-state index contributed by atoms with van der Waals surface area (Å²) >= 11 is 0. The Morgan fingerprint density at radius 3 is 2.70 bits per heavy atom. The first-order valence-electron chi connectivity index (χ1n) is 3.94. The molecule has 0 saturated carbocycles. The van der Waals surface area contributed by atoms with E-state index < -0.39 is 0 Å². The first-order chi connectivity index (χ1) is 4.77. The Kier molecular flexibility index (Phi) is 2.16. The van der Waals surface area contributed by atoms with E-state index in [9.17, 15) is 0 Å². The van der Waals surface area contributed by atoms with Gasteiger partial charge in [-0.15, -0.1) is 0 Å². The lowest BCUT2D eigenvalue weighted by atomic mass is 10.0. The van der Waals surface area contributed by atoms with Crippen LogP contribution in [0.4, 0.5) is 0 Å². The summed E-state index contributed by atoms with van der Waals surface area (Å²) in [4.78, 5) is 1.88. The topological polar surface area (TPSA) is 27.0 Å². The molecule has 0 radical (unpaired) electrons. The van der Waals surface area contributed by atoms with E-state index in [0.29, 0.717) is 6.04 Å². The highest BCUT2D eigenvalue weighted by atomic mass is 15.2. The maximum absolute atomic E-state index is 8.63. The molecule has 56 valence electrons. The fraction of sp³-hybridized carbons (Fsp3) is 0.875. The molecule has 1 aliphatic heterocycles. The first-order valence-corrected chi connectivity index (χ1v) is 3.94. The summed E-state index contributed by atoms with van der Waals surface area (Å²) < 4.78 is 0. The number of nitrogens with zero attached hydrogens (tertiary/aromatic N) is 2. The summed E-state index contributed by atoms with van der Waals surface area (Å²) in [5.74, 6) is 0.759. The van der Waals surface area contributed by atoms with E-state index in [4.69, 9.17) is 5.26 Å². The summed E-state index contributed by atoms with van der Waals surface area (Å²) in [5, 5.41) is 8.63. The lowest BCUT2D eigenvalue weighted by Crippen LogP contribution is -2.20. The molecule has 1 saturated heterocycles. The SMILES string of the molecule is CCC1CC(C)N(C#N)C1. The van der Waals surface area contributed by atoms with Gasteiger partial charge < -0.3 is 4.90 Å². The zero-order valence-corrected chi connectivity index (χ0v) is 6.67. The van der Waals surface area contributed by atoms with Crippen molar-refractivity contribution in [1.29, 1.82) is 5.26 Å². The van der Waals surface area contributed by atoms with Gasteiger partial charge in [0.25, 0.3) is 0 Å². The molecule has 0 aromatic rings. The highest BCUT2D eigenvalue weighted by Gasteiger charge is 2.26. The number of rotatable bonds is 1. The molecule has 2 nitrogen and oxygen atoms in total. The molecule has 1 aliphatic rings. The van der Waals surface area contributed by atoms with Crippen LogP contribution in [-0.4, -0.2) is 17.5 Å². The third kappa shape index (κ3) is 1.23. The largest absolute Gasteiger partial charge is 0.308 e. The molecule has 10 heavy (non-hydrogen) atoms. The summed E-state index contributed by atoms with van der Waals surface area (Å²) in [6.45, 7) is 5.30. The lowest BCUT2D eigenvalue weighted by Gasteiger charge is -2.11. The molecule has 2 heteroatoms. The summed E-state index contributed by atoms with van der Waals surface area (Å²) in [5.41, 5.74) is 0. The Hall–Kier alpha value is -0.710. The standard InChI is InChI=1S/C8H14N2/c1-3-8-4-7(2)10(5-8)6-9/h7-8H,3-5H2,1-2H3. The van der Waals surface area contributed by atoms with Crippen LogP contribution in [0, 0.1) is 17.4 Å². The average molecular weight is 138 g/mol. The highest BCUT2D eigenvalue weighted by molar-refractivity contribution is 4.89. The van der Waals surface area contributed by atoms with E-state index in [1.165, 1.54) is 12.8 Å². The second-order valence-corrected chi connectivity index (χ2v) is 3.11. The van der Waals surface area contributed by atoms with E-state index in [1.54, 1.807) is 0 Å². The molecule has 0 N–H and O–H groups in total. The molecular weight excluding hydrogens is 124 g/mol. The van der Waals surface area contributed by atoms with Crippen LogP contribution in [-0.2, 0) is 0 Å². The van der Waals surface area contributed by atoms with Gasteiger partial charge in [-0.25, -0.2) is 0 Å².